The van der Waals surface area contributed by atoms with Gasteiger partial charge in [0.25, 0.3) is 0 Å². The summed E-state index contributed by atoms with van der Waals surface area (Å²) < 4.78 is 41.1. The van der Waals surface area contributed by atoms with E-state index < -0.39 is 29.2 Å². The first-order chi connectivity index (χ1) is 14.9. The number of amides is 2. The van der Waals surface area contributed by atoms with Gasteiger partial charge in [-0.15, -0.1) is 0 Å². The largest absolute Gasteiger partial charge is 0.322 e. The van der Waals surface area contributed by atoms with Gasteiger partial charge >= 0.3 is 6.03 Å². The second kappa shape index (κ2) is 13.0. The Balaban J connectivity index is 2.09. The lowest BCUT2D eigenvalue weighted by Crippen LogP contribution is -2.35. The van der Waals surface area contributed by atoms with E-state index in [2.05, 4.69) is 31.3 Å². The molecule has 0 aromatic heterocycles. The summed E-state index contributed by atoms with van der Waals surface area (Å²) in [5.74, 6) is -3.29. The summed E-state index contributed by atoms with van der Waals surface area (Å²) in [7, 11) is 0. The number of nitrogens with zero attached hydrogens (tertiary/aromatic N) is 1. The molecule has 0 heterocycles. The van der Waals surface area contributed by atoms with Crippen molar-refractivity contribution in [3.05, 3.63) is 65.0 Å². The topological polar surface area (TPSA) is 32.3 Å². The Hall–Kier alpha value is -2.50. The zero-order valence-corrected chi connectivity index (χ0v) is 18.5. The summed E-state index contributed by atoms with van der Waals surface area (Å²) in [4.78, 5) is 14.4. The van der Waals surface area contributed by atoms with E-state index in [4.69, 9.17) is 0 Å². The average Bonchev–Trinajstić information content (AvgIpc) is 2.74. The molecular weight excluding hydrogens is 401 g/mol. The standard InChI is InChI=1S/C25H33F3N2O/c1-3-5-7-8-9-15-30(18-20-13-11-19(12-14-20)10-6-4-2)25(31)29-24-22(27)16-21(26)17-23(24)28/h11-14,16-17H,3-10,15,18H2,1-2H3,(H,29,31). The average molecular weight is 435 g/mol. The third-order valence-electron chi connectivity index (χ3n) is 5.27. The van der Waals surface area contributed by atoms with Gasteiger partial charge in [-0.3, -0.25) is 0 Å². The van der Waals surface area contributed by atoms with Crippen LogP contribution in [0.4, 0.5) is 23.7 Å². The summed E-state index contributed by atoms with van der Waals surface area (Å²) in [5, 5.41) is 2.29. The van der Waals surface area contributed by atoms with E-state index >= 15 is 0 Å². The predicted octanol–water partition coefficient (Wildman–Crippen LogP) is 7.45. The maximum atomic E-state index is 14.0. The number of nitrogens with one attached hydrogen (secondary N) is 1. The third kappa shape index (κ3) is 8.27. The first-order valence-corrected chi connectivity index (χ1v) is 11.2. The number of benzene rings is 2. The monoisotopic (exact) mass is 434 g/mol. The fraction of sp³-hybridized carbons (Fsp3) is 0.480. The number of rotatable bonds is 12. The van der Waals surface area contributed by atoms with Crippen molar-refractivity contribution in [1.29, 1.82) is 0 Å². The van der Waals surface area contributed by atoms with E-state index in [0.29, 0.717) is 25.2 Å². The number of anilines is 1. The van der Waals surface area contributed by atoms with Crippen molar-refractivity contribution in [2.45, 2.75) is 71.8 Å². The van der Waals surface area contributed by atoms with Gasteiger partial charge in [0, 0.05) is 25.2 Å². The normalized spacial score (nSPS) is 10.9. The van der Waals surface area contributed by atoms with Crippen LogP contribution in [-0.2, 0) is 13.0 Å². The minimum Gasteiger partial charge on any atom is -0.320 e. The number of hydrogen-bond acceptors (Lipinski definition) is 1. The number of carbonyl (C=O) groups excluding carboxylic acids is 1. The molecule has 0 spiro atoms. The number of aryl methyl sites for hydroxylation is 1. The van der Waals surface area contributed by atoms with Crippen LogP contribution in [0.2, 0.25) is 0 Å². The molecule has 2 aromatic rings. The molecule has 0 saturated heterocycles. The van der Waals surface area contributed by atoms with Crippen LogP contribution < -0.4 is 5.32 Å². The second-order valence-electron chi connectivity index (χ2n) is 7.93. The van der Waals surface area contributed by atoms with Gasteiger partial charge in [0.2, 0.25) is 0 Å². The van der Waals surface area contributed by atoms with E-state index in [1.807, 2.05) is 12.1 Å². The minimum absolute atomic E-state index is 0.331. The number of urea groups is 1. The van der Waals surface area contributed by atoms with Crippen LogP contribution in [0.15, 0.2) is 36.4 Å². The van der Waals surface area contributed by atoms with Crippen LogP contribution in [0, 0.1) is 17.5 Å². The summed E-state index contributed by atoms with van der Waals surface area (Å²) in [6.45, 7) is 5.09. The minimum atomic E-state index is -1.13. The molecule has 0 saturated carbocycles. The van der Waals surface area contributed by atoms with Crippen LogP contribution in [0.3, 0.4) is 0 Å². The quantitative estimate of drug-likeness (QED) is 0.346. The van der Waals surface area contributed by atoms with Crippen molar-refractivity contribution >= 4 is 11.7 Å². The highest BCUT2D eigenvalue weighted by Crippen LogP contribution is 2.21. The molecule has 2 amide bonds. The van der Waals surface area contributed by atoms with Crippen LogP contribution >= 0.6 is 0 Å². The molecule has 0 fully saturated rings. The highest BCUT2D eigenvalue weighted by molar-refractivity contribution is 5.89. The Morgan fingerprint density at radius 2 is 1.42 bits per heavy atom. The number of hydrogen-bond donors (Lipinski definition) is 1. The van der Waals surface area contributed by atoms with Gasteiger partial charge in [-0.05, 0) is 30.4 Å². The van der Waals surface area contributed by atoms with Gasteiger partial charge < -0.3 is 10.2 Å². The smallest absolute Gasteiger partial charge is 0.320 e. The first kappa shape index (κ1) is 24.8. The molecule has 2 rings (SSSR count). The summed E-state index contributed by atoms with van der Waals surface area (Å²) in [6, 6.07) is 8.60. The third-order valence-corrected chi connectivity index (χ3v) is 5.27. The Morgan fingerprint density at radius 1 is 0.839 bits per heavy atom. The Bertz CT molecular complexity index is 801. The molecule has 31 heavy (non-hydrogen) atoms. The van der Waals surface area contributed by atoms with E-state index in [0.717, 1.165) is 56.9 Å². The lowest BCUT2D eigenvalue weighted by molar-refractivity contribution is 0.207. The molecule has 1 N–H and O–H groups in total. The van der Waals surface area contributed by atoms with Gasteiger partial charge in [0.05, 0.1) is 0 Å². The van der Waals surface area contributed by atoms with Crippen molar-refractivity contribution in [2.75, 3.05) is 11.9 Å². The Labute approximate surface area is 183 Å². The summed E-state index contributed by atoms with van der Waals surface area (Å²) >= 11 is 0. The molecule has 6 heteroatoms. The van der Waals surface area contributed by atoms with Gasteiger partial charge in [0.1, 0.15) is 11.5 Å². The highest BCUT2D eigenvalue weighted by Gasteiger charge is 2.19. The lowest BCUT2D eigenvalue weighted by atomic mass is 10.1. The van der Waals surface area contributed by atoms with Gasteiger partial charge in [-0.2, -0.15) is 0 Å². The second-order valence-corrected chi connectivity index (χ2v) is 7.93. The molecule has 0 aliphatic heterocycles. The molecule has 0 aliphatic carbocycles. The van der Waals surface area contributed by atoms with Gasteiger partial charge in [-0.1, -0.05) is 70.2 Å². The summed E-state index contributed by atoms with van der Waals surface area (Å²) in [6.07, 6.45) is 8.39. The van der Waals surface area contributed by atoms with Crippen LogP contribution in [0.25, 0.3) is 0 Å². The van der Waals surface area contributed by atoms with Gasteiger partial charge in [-0.25, -0.2) is 18.0 Å². The maximum absolute atomic E-state index is 14.0. The van der Waals surface area contributed by atoms with Crippen LogP contribution in [0.1, 0.15) is 69.9 Å². The molecule has 2 aromatic carbocycles. The highest BCUT2D eigenvalue weighted by atomic mass is 19.1. The van der Waals surface area contributed by atoms with E-state index in [1.165, 1.54) is 5.56 Å². The molecule has 3 nitrogen and oxygen atoms in total. The molecule has 170 valence electrons. The fourth-order valence-electron chi connectivity index (χ4n) is 3.42. The van der Waals surface area contributed by atoms with E-state index in [9.17, 15) is 18.0 Å². The van der Waals surface area contributed by atoms with Crippen LogP contribution in [0.5, 0.6) is 0 Å². The SMILES string of the molecule is CCCCCCCN(Cc1ccc(CCCC)cc1)C(=O)Nc1c(F)cc(F)cc1F. The number of unbranched alkanes of at least 4 members (excludes halogenated alkanes) is 5. The molecule has 0 radical (unpaired) electrons. The molecule has 0 bridgehead atoms. The summed E-state index contributed by atoms with van der Waals surface area (Å²) in [5.41, 5.74) is 1.57. The zero-order valence-electron chi connectivity index (χ0n) is 18.5. The van der Waals surface area contributed by atoms with Crippen LogP contribution in [-0.4, -0.2) is 17.5 Å². The zero-order chi connectivity index (χ0) is 22.6. The lowest BCUT2D eigenvalue weighted by Gasteiger charge is -2.24. The number of carbonyl (C=O) groups is 1. The Kier molecular flexibility index (Phi) is 10.4. The number of halogens is 3. The molecular formula is C25H33F3N2O. The van der Waals surface area contributed by atoms with Crippen molar-refractivity contribution < 1.29 is 18.0 Å². The van der Waals surface area contributed by atoms with E-state index in [-0.39, 0.29) is 0 Å². The van der Waals surface area contributed by atoms with Crippen molar-refractivity contribution in [1.82, 2.24) is 4.90 Å². The van der Waals surface area contributed by atoms with Crippen molar-refractivity contribution in [3.63, 3.8) is 0 Å². The van der Waals surface area contributed by atoms with Crippen molar-refractivity contribution in [2.24, 2.45) is 0 Å². The maximum Gasteiger partial charge on any atom is 0.322 e. The Morgan fingerprint density at radius 3 is 2.03 bits per heavy atom. The molecule has 0 unspecified atom stereocenters. The predicted molar refractivity (Wildman–Crippen MR) is 120 cm³/mol. The van der Waals surface area contributed by atoms with E-state index in [1.54, 1.807) is 4.90 Å². The first-order valence-electron chi connectivity index (χ1n) is 11.2. The molecule has 0 aliphatic rings. The van der Waals surface area contributed by atoms with Crippen molar-refractivity contribution in [3.8, 4) is 0 Å². The molecule has 0 atom stereocenters. The van der Waals surface area contributed by atoms with Gasteiger partial charge in [0.15, 0.2) is 11.6 Å². The fourth-order valence-corrected chi connectivity index (χ4v) is 3.42.